The third-order valence-electron chi connectivity index (χ3n) is 4.91. The van der Waals surface area contributed by atoms with Crippen LogP contribution in [0.15, 0.2) is 48.5 Å². The van der Waals surface area contributed by atoms with Crippen molar-refractivity contribution in [1.82, 2.24) is 15.1 Å². The molecule has 1 amide bonds. The van der Waals surface area contributed by atoms with Crippen LogP contribution in [0.5, 0.6) is 0 Å². The van der Waals surface area contributed by atoms with Crippen molar-refractivity contribution in [3.63, 3.8) is 0 Å². The van der Waals surface area contributed by atoms with Crippen molar-refractivity contribution < 1.29 is 9.53 Å². The smallest absolute Gasteiger partial charge is 0.273 e. The van der Waals surface area contributed by atoms with E-state index in [0.29, 0.717) is 23.9 Å². The SMILES string of the molecule is COCCN1C(=O)c2[nH]nc(-c3ccc(C)cc3)c2C1c1ccc(Cl)cc1. The second-order valence-corrected chi connectivity index (χ2v) is 7.11. The van der Waals surface area contributed by atoms with Crippen LogP contribution in [0.3, 0.4) is 0 Å². The maximum absolute atomic E-state index is 13.0. The predicted molar refractivity (Wildman–Crippen MR) is 105 cm³/mol. The van der Waals surface area contributed by atoms with Gasteiger partial charge in [-0.05, 0) is 24.6 Å². The van der Waals surface area contributed by atoms with Crippen LogP contribution in [0.1, 0.15) is 33.2 Å². The van der Waals surface area contributed by atoms with Crippen LogP contribution in [-0.4, -0.2) is 41.3 Å². The van der Waals surface area contributed by atoms with Crippen LogP contribution in [0, 0.1) is 6.92 Å². The number of aromatic amines is 1. The molecule has 138 valence electrons. The van der Waals surface area contributed by atoms with E-state index in [4.69, 9.17) is 16.3 Å². The summed E-state index contributed by atoms with van der Waals surface area (Å²) in [6.45, 7) is 3.01. The molecule has 0 saturated heterocycles. The van der Waals surface area contributed by atoms with Crippen molar-refractivity contribution in [2.75, 3.05) is 20.3 Å². The number of benzene rings is 2. The number of nitrogens with one attached hydrogen (secondary N) is 1. The fraction of sp³-hybridized carbons (Fsp3) is 0.238. The van der Waals surface area contributed by atoms with Crippen LogP contribution < -0.4 is 0 Å². The number of amides is 1. The van der Waals surface area contributed by atoms with Crippen molar-refractivity contribution in [1.29, 1.82) is 0 Å². The minimum absolute atomic E-state index is 0.0622. The van der Waals surface area contributed by atoms with Crippen molar-refractivity contribution >= 4 is 17.5 Å². The van der Waals surface area contributed by atoms with E-state index in [1.165, 1.54) is 5.56 Å². The van der Waals surface area contributed by atoms with Crippen LogP contribution in [-0.2, 0) is 4.74 Å². The summed E-state index contributed by atoms with van der Waals surface area (Å²) >= 11 is 6.07. The maximum atomic E-state index is 13.0. The molecule has 1 unspecified atom stereocenters. The van der Waals surface area contributed by atoms with Gasteiger partial charge in [0.15, 0.2) is 0 Å². The lowest BCUT2D eigenvalue weighted by Gasteiger charge is -2.26. The molecule has 0 saturated carbocycles. The summed E-state index contributed by atoms with van der Waals surface area (Å²) < 4.78 is 5.22. The lowest BCUT2D eigenvalue weighted by atomic mass is 9.96. The van der Waals surface area contributed by atoms with Gasteiger partial charge < -0.3 is 9.64 Å². The summed E-state index contributed by atoms with van der Waals surface area (Å²) in [7, 11) is 1.64. The zero-order chi connectivity index (χ0) is 19.0. The van der Waals surface area contributed by atoms with Crippen LogP contribution in [0.4, 0.5) is 0 Å². The number of rotatable bonds is 5. The van der Waals surface area contributed by atoms with Crippen molar-refractivity contribution in [2.24, 2.45) is 0 Å². The number of aromatic nitrogens is 2. The lowest BCUT2D eigenvalue weighted by molar-refractivity contribution is 0.0677. The summed E-state index contributed by atoms with van der Waals surface area (Å²) in [4.78, 5) is 14.9. The molecule has 5 nitrogen and oxygen atoms in total. The van der Waals surface area contributed by atoms with Gasteiger partial charge in [0.1, 0.15) is 5.69 Å². The van der Waals surface area contributed by atoms with E-state index in [-0.39, 0.29) is 11.9 Å². The van der Waals surface area contributed by atoms with E-state index in [1.807, 2.05) is 60.4 Å². The van der Waals surface area contributed by atoms with Gasteiger partial charge in [0.2, 0.25) is 0 Å². The first-order valence-electron chi connectivity index (χ1n) is 8.81. The number of halogens is 1. The van der Waals surface area contributed by atoms with Crippen LogP contribution in [0.2, 0.25) is 5.02 Å². The summed E-state index contributed by atoms with van der Waals surface area (Å²) in [5.41, 5.74) is 5.41. The van der Waals surface area contributed by atoms with E-state index in [9.17, 15) is 4.79 Å². The van der Waals surface area contributed by atoms with Crippen LogP contribution in [0.25, 0.3) is 11.3 Å². The summed E-state index contributed by atoms with van der Waals surface area (Å²) in [6.07, 6.45) is 0. The van der Waals surface area contributed by atoms with Gasteiger partial charge in [0.05, 0.1) is 18.3 Å². The molecule has 0 aliphatic carbocycles. The molecule has 2 aromatic carbocycles. The highest BCUT2D eigenvalue weighted by Gasteiger charge is 2.41. The fourth-order valence-electron chi connectivity index (χ4n) is 3.54. The number of hydrogen-bond acceptors (Lipinski definition) is 3. The zero-order valence-corrected chi connectivity index (χ0v) is 16.0. The maximum Gasteiger partial charge on any atom is 0.273 e. The first-order valence-corrected chi connectivity index (χ1v) is 9.18. The Labute approximate surface area is 162 Å². The number of fused-ring (bicyclic) bond motifs is 1. The Morgan fingerprint density at radius 2 is 1.85 bits per heavy atom. The first kappa shape index (κ1) is 17.8. The Morgan fingerprint density at radius 3 is 2.52 bits per heavy atom. The van der Waals surface area contributed by atoms with Gasteiger partial charge in [-0.1, -0.05) is 53.6 Å². The lowest BCUT2D eigenvalue weighted by Crippen LogP contribution is -2.32. The van der Waals surface area contributed by atoms with Gasteiger partial charge in [-0.2, -0.15) is 5.10 Å². The van der Waals surface area contributed by atoms with Gasteiger partial charge in [0, 0.05) is 29.8 Å². The van der Waals surface area contributed by atoms with Crippen molar-refractivity contribution in [2.45, 2.75) is 13.0 Å². The van der Waals surface area contributed by atoms with Gasteiger partial charge in [0.25, 0.3) is 5.91 Å². The molecule has 1 N–H and O–H groups in total. The average Bonchev–Trinajstić information content (AvgIpc) is 3.21. The Hall–Kier alpha value is -2.63. The molecule has 0 fully saturated rings. The minimum Gasteiger partial charge on any atom is -0.383 e. The van der Waals surface area contributed by atoms with Crippen molar-refractivity contribution in [3.05, 3.63) is 75.9 Å². The zero-order valence-electron chi connectivity index (χ0n) is 15.2. The fourth-order valence-corrected chi connectivity index (χ4v) is 3.67. The topological polar surface area (TPSA) is 58.2 Å². The number of carbonyl (C=O) groups is 1. The number of H-pyrrole nitrogens is 1. The monoisotopic (exact) mass is 381 g/mol. The molecule has 2 heterocycles. The number of methoxy groups -OCH3 is 1. The van der Waals surface area contributed by atoms with Gasteiger partial charge >= 0.3 is 0 Å². The standard InChI is InChI=1S/C21H20ClN3O2/c1-13-3-5-14(6-4-13)18-17-19(24-23-18)21(26)25(11-12-27-2)20(17)15-7-9-16(22)10-8-15/h3-10,20H,11-12H2,1-2H3,(H,23,24). The third-order valence-corrected chi connectivity index (χ3v) is 5.16. The van der Waals surface area contributed by atoms with E-state index in [2.05, 4.69) is 10.2 Å². The van der Waals surface area contributed by atoms with Crippen molar-refractivity contribution in [3.8, 4) is 11.3 Å². The highest BCUT2D eigenvalue weighted by molar-refractivity contribution is 6.30. The molecule has 6 heteroatoms. The minimum atomic E-state index is -0.227. The first-order chi connectivity index (χ1) is 13.1. The molecule has 1 aromatic heterocycles. The third kappa shape index (κ3) is 3.13. The quantitative estimate of drug-likeness (QED) is 0.719. The number of aryl methyl sites for hydroxylation is 1. The Kier molecular flexibility index (Phi) is 4.72. The normalized spacial score (nSPS) is 16.0. The van der Waals surface area contributed by atoms with E-state index < -0.39 is 0 Å². The number of carbonyl (C=O) groups excluding carboxylic acids is 1. The summed E-state index contributed by atoms with van der Waals surface area (Å²) in [5.74, 6) is -0.0622. The summed E-state index contributed by atoms with van der Waals surface area (Å²) in [6, 6.07) is 15.6. The predicted octanol–water partition coefficient (Wildman–Crippen LogP) is 4.23. The molecule has 0 bridgehead atoms. The van der Waals surface area contributed by atoms with Gasteiger partial charge in [-0.3, -0.25) is 9.89 Å². The molecule has 1 aliphatic rings. The Bertz CT molecular complexity index is 964. The molecule has 1 aliphatic heterocycles. The van der Waals surface area contributed by atoms with E-state index >= 15 is 0 Å². The van der Waals surface area contributed by atoms with E-state index in [1.54, 1.807) is 7.11 Å². The second kappa shape index (κ2) is 7.18. The number of nitrogens with zero attached hydrogens (tertiary/aromatic N) is 2. The Morgan fingerprint density at radius 1 is 1.15 bits per heavy atom. The largest absolute Gasteiger partial charge is 0.383 e. The summed E-state index contributed by atoms with van der Waals surface area (Å²) in [5, 5.41) is 8.09. The number of hydrogen-bond donors (Lipinski definition) is 1. The molecule has 27 heavy (non-hydrogen) atoms. The van der Waals surface area contributed by atoms with Crippen LogP contribution >= 0.6 is 11.6 Å². The molecular formula is C21H20ClN3O2. The molecule has 4 rings (SSSR count). The highest BCUT2D eigenvalue weighted by Crippen LogP contribution is 2.42. The van der Waals surface area contributed by atoms with Gasteiger partial charge in [-0.25, -0.2) is 0 Å². The Balaban J connectivity index is 1.84. The molecule has 1 atom stereocenters. The molecule has 0 spiro atoms. The van der Waals surface area contributed by atoms with E-state index in [0.717, 1.165) is 22.4 Å². The molecule has 3 aromatic rings. The molecular weight excluding hydrogens is 362 g/mol. The number of ether oxygens (including phenoxy) is 1. The van der Waals surface area contributed by atoms with Gasteiger partial charge in [-0.15, -0.1) is 0 Å². The second-order valence-electron chi connectivity index (χ2n) is 6.67. The molecule has 0 radical (unpaired) electrons. The highest BCUT2D eigenvalue weighted by atomic mass is 35.5. The average molecular weight is 382 g/mol.